The zero-order valence-electron chi connectivity index (χ0n) is 12.3. The Morgan fingerprint density at radius 2 is 1.65 bits per heavy atom. The second kappa shape index (κ2) is 7.74. The highest BCUT2D eigenvalue weighted by Crippen LogP contribution is 2.36. The molecule has 0 N–H and O–H groups in total. The maximum Gasteiger partial charge on any atom is 0.202 e. The number of rotatable bonds is 6. The fourth-order valence-corrected chi connectivity index (χ4v) is 6.02. The highest BCUT2D eigenvalue weighted by Gasteiger charge is 2.40. The van der Waals surface area contributed by atoms with Crippen LogP contribution in [-0.4, -0.2) is 14.9 Å². The molecule has 0 bridgehead atoms. The molecule has 0 unspecified atom stereocenters. The van der Waals surface area contributed by atoms with Crippen LogP contribution in [0.3, 0.4) is 0 Å². The van der Waals surface area contributed by atoms with E-state index in [4.69, 9.17) is 4.43 Å². The van der Waals surface area contributed by atoms with Crippen molar-refractivity contribution in [1.82, 2.24) is 0 Å². The first-order chi connectivity index (χ1) is 7.86. The van der Waals surface area contributed by atoms with Gasteiger partial charge in [-0.15, -0.1) is 6.58 Å². The van der Waals surface area contributed by atoms with Crippen LogP contribution in [0.15, 0.2) is 12.7 Å². The zero-order valence-corrected chi connectivity index (χ0v) is 13.3. The summed E-state index contributed by atoms with van der Waals surface area (Å²) in [6, 6.07) is 1.02. The van der Waals surface area contributed by atoms with Crippen molar-refractivity contribution in [3.05, 3.63) is 12.7 Å². The van der Waals surface area contributed by atoms with Crippen molar-refractivity contribution < 1.29 is 4.43 Å². The Balaban J connectivity index is 4.70. The molecule has 0 aromatic heterocycles. The third kappa shape index (κ3) is 5.10. The summed E-state index contributed by atoms with van der Waals surface area (Å²) >= 11 is 0. The highest BCUT2D eigenvalue weighted by molar-refractivity contribution is 6.76. The molecule has 0 rings (SSSR count). The van der Waals surface area contributed by atoms with Crippen LogP contribution in [0.5, 0.6) is 0 Å². The van der Waals surface area contributed by atoms with E-state index in [9.17, 15) is 0 Å². The molecular weight excluding hydrogens is 224 g/mol. The van der Waals surface area contributed by atoms with Gasteiger partial charge in [-0.1, -0.05) is 59.5 Å². The van der Waals surface area contributed by atoms with E-state index in [1.54, 1.807) is 0 Å². The summed E-state index contributed by atoms with van der Waals surface area (Å²) in [7, 11) is -1.74. The van der Waals surface area contributed by atoms with Crippen LogP contribution in [0.2, 0.25) is 17.1 Å². The Kier molecular flexibility index (Phi) is 7.50. The van der Waals surface area contributed by atoms with Gasteiger partial charge in [0.05, 0.1) is 6.61 Å². The molecule has 0 atom stereocenters. The Morgan fingerprint density at radius 3 is 2.00 bits per heavy atom. The second-order valence-corrected chi connectivity index (χ2v) is 10.4. The Morgan fingerprint density at radius 1 is 1.12 bits per heavy atom. The topological polar surface area (TPSA) is 9.23 Å². The summed E-state index contributed by atoms with van der Waals surface area (Å²) in [5.74, 6) is 6.72. The third-order valence-electron chi connectivity index (χ3n) is 3.22. The van der Waals surface area contributed by atoms with Gasteiger partial charge >= 0.3 is 0 Å². The zero-order chi connectivity index (χ0) is 13.5. The average Bonchev–Trinajstić information content (AvgIpc) is 2.21. The van der Waals surface area contributed by atoms with E-state index in [1.165, 1.54) is 0 Å². The summed E-state index contributed by atoms with van der Waals surface area (Å²) in [6.07, 6.45) is 2.02. The fraction of sp³-hybridized carbons (Fsp3) is 0.733. The second-order valence-electron chi connectivity index (χ2n) is 5.52. The molecule has 2 heteroatoms. The lowest BCUT2D eigenvalue weighted by atomic mass is 10.2. The molecule has 0 fully saturated rings. The van der Waals surface area contributed by atoms with Gasteiger partial charge in [-0.05, 0) is 17.1 Å². The Bertz CT molecular complexity index is 273. The molecule has 0 aromatic carbocycles. The summed E-state index contributed by atoms with van der Waals surface area (Å²) in [4.78, 5) is 0. The van der Waals surface area contributed by atoms with Crippen molar-refractivity contribution >= 4 is 8.32 Å². The van der Waals surface area contributed by atoms with Crippen LogP contribution < -0.4 is 0 Å². The van der Waals surface area contributed by atoms with Gasteiger partial charge in [0, 0.05) is 5.92 Å². The third-order valence-corrected chi connectivity index (χ3v) is 8.74. The van der Waals surface area contributed by atoms with Gasteiger partial charge in [-0.2, -0.15) is 0 Å². The predicted molar refractivity (Wildman–Crippen MR) is 79.5 cm³/mol. The molecule has 0 aliphatic rings. The minimum atomic E-state index is -1.74. The van der Waals surface area contributed by atoms with Crippen LogP contribution in [0, 0.1) is 17.8 Å². The number of allylic oxidation sites excluding steroid dienone is 1. The van der Waals surface area contributed by atoms with Crippen molar-refractivity contribution in [3.8, 4) is 11.8 Å². The number of hydrogen-bond acceptors (Lipinski definition) is 1. The Hall–Kier alpha value is -0.523. The number of hydrogen-bond donors (Lipinski definition) is 0. The minimum absolute atomic E-state index is 0.423. The van der Waals surface area contributed by atoms with Gasteiger partial charge in [-0.3, -0.25) is 0 Å². The van der Waals surface area contributed by atoms with E-state index in [0.717, 1.165) is 6.04 Å². The maximum absolute atomic E-state index is 6.24. The minimum Gasteiger partial charge on any atom is -0.405 e. The molecule has 0 saturated carbocycles. The summed E-state index contributed by atoms with van der Waals surface area (Å²) in [5.41, 5.74) is 1.20. The van der Waals surface area contributed by atoms with E-state index in [2.05, 4.69) is 60.0 Å². The first-order valence-corrected chi connectivity index (χ1v) is 8.87. The van der Waals surface area contributed by atoms with Crippen molar-refractivity contribution in [2.45, 2.75) is 58.7 Å². The molecule has 0 heterocycles. The Labute approximate surface area is 109 Å². The van der Waals surface area contributed by atoms with E-state index < -0.39 is 8.32 Å². The van der Waals surface area contributed by atoms with Gasteiger partial charge < -0.3 is 4.43 Å². The first-order valence-electron chi connectivity index (χ1n) is 6.60. The molecule has 0 aliphatic carbocycles. The van der Waals surface area contributed by atoms with Gasteiger partial charge in [0.15, 0.2) is 0 Å². The average molecular weight is 252 g/mol. The molecular formula is C15H28OSi. The molecule has 0 spiro atoms. The maximum atomic E-state index is 6.24. The summed E-state index contributed by atoms with van der Waals surface area (Å²) < 4.78 is 6.24. The molecule has 0 amide bonds. The van der Waals surface area contributed by atoms with Gasteiger partial charge in [0.2, 0.25) is 8.32 Å². The quantitative estimate of drug-likeness (QED) is 0.381. The molecule has 1 nitrogen and oxygen atoms in total. The smallest absolute Gasteiger partial charge is 0.202 e. The normalized spacial score (nSPS) is 11.8. The predicted octanol–water partition coefficient (Wildman–Crippen LogP) is 4.61. The SMILES string of the molecule is C=CC[Si](OCC#CC(C)C)(C(C)C)C(C)C. The lowest BCUT2D eigenvalue weighted by Crippen LogP contribution is -2.44. The molecule has 0 saturated heterocycles. The van der Waals surface area contributed by atoms with E-state index in [-0.39, 0.29) is 0 Å². The van der Waals surface area contributed by atoms with Gasteiger partial charge in [0.1, 0.15) is 0 Å². The van der Waals surface area contributed by atoms with Crippen molar-refractivity contribution in [1.29, 1.82) is 0 Å². The summed E-state index contributed by atoms with van der Waals surface area (Å²) in [6.45, 7) is 17.7. The van der Waals surface area contributed by atoms with E-state index >= 15 is 0 Å². The lowest BCUT2D eigenvalue weighted by Gasteiger charge is -2.37. The largest absolute Gasteiger partial charge is 0.405 e. The standard InChI is InChI=1S/C15H28OSi/c1-8-12-17(14(4)5,15(6)7)16-11-9-10-13(2)3/h8,13-15H,1,11-12H2,2-7H3. The van der Waals surface area contributed by atoms with Gasteiger partial charge in [-0.25, -0.2) is 0 Å². The van der Waals surface area contributed by atoms with Crippen LogP contribution >= 0.6 is 0 Å². The summed E-state index contributed by atoms with van der Waals surface area (Å²) in [5, 5.41) is 0. The lowest BCUT2D eigenvalue weighted by molar-refractivity contribution is 0.333. The van der Waals surface area contributed by atoms with Crippen molar-refractivity contribution in [2.75, 3.05) is 6.61 Å². The van der Waals surface area contributed by atoms with Crippen molar-refractivity contribution in [2.24, 2.45) is 5.92 Å². The van der Waals surface area contributed by atoms with Crippen molar-refractivity contribution in [3.63, 3.8) is 0 Å². The molecule has 0 aliphatic heterocycles. The first kappa shape index (κ1) is 16.5. The van der Waals surface area contributed by atoms with Crippen LogP contribution in [0.1, 0.15) is 41.5 Å². The highest BCUT2D eigenvalue weighted by atomic mass is 28.4. The van der Waals surface area contributed by atoms with Gasteiger partial charge in [0.25, 0.3) is 0 Å². The monoisotopic (exact) mass is 252 g/mol. The fourth-order valence-electron chi connectivity index (χ4n) is 2.17. The van der Waals surface area contributed by atoms with Crippen LogP contribution in [0.4, 0.5) is 0 Å². The molecule has 98 valence electrons. The van der Waals surface area contributed by atoms with E-state index in [0.29, 0.717) is 23.6 Å². The van der Waals surface area contributed by atoms with E-state index in [1.807, 2.05) is 6.08 Å². The molecule has 0 aromatic rings. The van der Waals surface area contributed by atoms with Crippen LogP contribution in [0.25, 0.3) is 0 Å². The van der Waals surface area contributed by atoms with Crippen LogP contribution in [-0.2, 0) is 4.43 Å². The molecule has 0 radical (unpaired) electrons. The molecule has 17 heavy (non-hydrogen) atoms.